The summed E-state index contributed by atoms with van der Waals surface area (Å²) in [5, 5.41) is 7.15. The molecular weight excluding hydrogens is 165 g/mol. The lowest BCUT2D eigenvalue weighted by Crippen LogP contribution is -2.18. The van der Waals surface area contributed by atoms with Crippen molar-refractivity contribution in [1.29, 1.82) is 0 Å². The van der Waals surface area contributed by atoms with Gasteiger partial charge in [0, 0.05) is 6.54 Å². The van der Waals surface area contributed by atoms with E-state index in [1.807, 2.05) is 0 Å². The van der Waals surface area contributed by atoms with Crippen molar-refractivity contribution < 1.29 is 14.4 Å². The monoisotopic (exact) mass is 179 g/mol. The molecule has 11 heavy (non-hydrogen) atoms. The van der Waals surface area contributed by atoms with Gasteiger partial charge in [-0.2, -0.15) is 0 Å². The van der Waals surface area contributed by atoms with Gasteiger partial charge in [-0.1, -0.05) is 31.2 Å². The van der Waals surface area contributed by atoms with Crippen LogP contribution in [0.4, 0.5) is 0 Å². The molecule has 0 saturated carbocycles. The van der Waals surface area contributed by atoms with E-state index < -0.39 is 8.53 Å². The van der Waals surface area contributed by atoms with Gasteiger partial charge in [-0.15, -0.1) is 9.35 Å². The Kier molecular flexibility index (Phi) is 4.99. The van der Waals surface area contributed by atoms with Crippen molar-refractivity contribution in [2.75, 3.05) is 6.54 Å². The Morgan fingerprint density at radius 1 is 1.18 bits per heavy atom. The minimum absolute atomic E-state index is 0.891. The summed E-state index contributed by atoms with van der Waals surface area (Å²) in [6.07, 6.45) is 5.02. The third-order valence-corrected chi connectivity index (χ3v) is 2.34. The third-order valence-electron chi connectivity index (χ3n) is 1.47. The van der Waals surface area contributed by atoms with Crippen LogP contribution in [0, 0.1) is 0 Å². The quantitative estimate of drug-likeness (QED) is 0.385. The maximum atomic E-state index is 4.57. The zero-order chi connectivity index (χ0) is 7.94. The molecule has 5 heteroatoms. The SMILES string of the molecule is CCCCCCNP1OOO1. The van der Waals surface area contributed by atoms with E-state index in [1.54, 1.807) is 0 Å². The highest BCUT2D eigenvalue weighted by Gasteiger charge is 2.23. The number of rotatable bonds is 6. The minimum Gasteiger partial charge on any atom is -0.246 e. The van der Waals surface area contributed by atoms with Gasteiger partial charge in [0.15, 0.2) is 0 Å². The standard InChI is InChI=1S/C6H14NO3P/c1-2-3-4-5-6-7-11-9-8-10-11/h7H,2-6H2,1H3. The van der Waals surface area contributed by atoms with E-state index in [2.05, 4.69) is 26.4 Å². The van der Waals surface area contributed by atoms with Crippen LogP contribution < -0.4 is 5.09 Å². The van der Waals surface area contributed by atoms with E-state index in [0.717, 1.165) is 6.54 Å². The van der Waals surface area contributed by atoms with E-state index in [4.69, 9.17) is 0 Å². The van der Waals surface area contributed by atoms with Crippen LogP contribution in [0.1, 0.15) is 32.6 Å². The van der Waals surface area contributed by atoms with Crippen molar-refractivity contribution in [1.82, 2.24) is 5.09 Å². The third kappa shape index (κ3) is 3.99. The molecule has 0 aromatic rings. The lowest BCUT2D eigenvalue weighted by atomic mass is 10.2. The average molecular weight is 179 g/mol. The highest BCUT2D eigenvalue weighted by Crippen LogP contribution is 2.43. The first-order valence-corrected chi connectivity index (χ1v) is 5.16. The summed E-state index contributed by atoms with van der Waals surface area (Å²) >= 11 is 0. The molecule has 0 unspecified atom stereocenters. The summed E-state index contributed by atoms with van der Waals surface area (Å²) in [5.41, 5.74) is 0. The molecule has 0 radical (unpaired) electrons. The number of hydrogen-bond donors (Lipinski definition) is 1. The number of unbranched alkanes of at least 4 members (excludes halogenated alkanes) is 3. The van der Waals surface area contributed by atoms with Gasteiger partial charge in [0.2, 0.25) is 0 Å². The molecule has 1 fully saturated rings. The molecular formula is C6H14NO3P. The van der Waals surface area contributed by atoms with Gasteiger partial charge < -0.3 is 0 Å². The Balaban J connectivity index is 1.73. The first-order chi connectivity index (χ1) is 5.43. The van der Waals surface area contributed by atoms with Crippen molar-refractivity contribution in [3.05, 3.63) is 0 Å². The van der Waals surface area contributed by atoms with Crippen molar-refractivity contribution >= 4 is 8.53 Å². The molecule has 1 N–H and O–H groups in total. The predicted molar refractivity (Wildman–Crippen MR) is 42.3 cm³/mol. The Labute approximate surface area is 68.0 Å². The fourth-order valence-corrected chi connectivity index (χ4v) is 1.40. The highest BCUT2D eigenvalue weighted by molar-refractivity contribution is 7.45. The molecule has 0 aliphatic carbocycles. The molecule has 0 bridgehead atoms. The first kappa shape index (κ1) is 9.36. The van der Waals surface area contributed by atoms with Crippen LogP contribution in [0.3, 0.4) is 0 Å². The second-order valence-corrected chi connectivity index (χ2v) is 3.57. The second kappa shape index (κ2) is 5.86. The molecule has 0 amide bonds. The predicted octanol–water partition coefficient (Wildman–Crippen LogP) is 2.28. The lowest BCUT2D eigenvalue weighted by Gasteiger charge is -2.20. The molecule has 1 rings (SSSR count). The molecule has 0 atom stereocenters. The van der Waals surface area contributed by atoms with Crippen molar-refractivity contribution in [3.8, 4) is 0 Å². The first-order valence-electron chi connectivity index (χ1n) is 3.98. The smallest absolute Gasteiger partial charge is 0.246 e. The summed E-state index contributed by atoms with van der Waals surface area (Å²) in [6.45, 7) is 3.15. The molecule has 1 saturated heterocycles. The average Bonchev–Trinajstić information content (AvgIpc) is 1.93. The van der Waals surface area contributed by atoms with E-state index in [0.29, 0.717) is 0 Å². The van der Waals surface area contributed by atoms with E-state index in [9.17, 15) is 0 Å². The fraction of sp³-hybridized carbons (Fsp3) is 1.00. The largest absolute Gasteiger partial charge is 0.327 e. The maximum Gasteiger partial charge on any atom is 0.327 e. The van der Waals surface area contributed by atoms with Gasteiger partial charge in [0.25, 0.3) is 0 Å². The molecule has 1 aliphatic heterocycles. The second-order valence-electron chi connectivity index (χ2n) is 2.44. The van der Waals surface area contributed by atoms with E-state index in [-0.39, 0.29) is 0 Å². The van der Waals surface area contributed by atoms with Gasteiger partial charge in [0.05, 0.1) is 0 Å². The Morgan fingerprint density at radius 3 is 2.55 bits per heavy atom. The Bertz CT molecular complexity index is 99.8. The summed E-state index contributed by atoms with van der Waals surface area (Å²) < 4.78 is 9.14. The molecule has 0 spiro atoms. The minimum atomic E-state index is -0.891. The summed E-state index contributed by atoms with van der Waals surface area (Å²) in [4.78, 5) is 0. The number of nitrogens with one attached hydrogen (secondary N) is 1. The molecule has 1 heterocycles. The fourth-order valence-electron chi connectivity index (χ4n) is 0.836. The topological polar surface area (TPSA) is 39.7 Å². The van der Waals surface area contributed by atoms with Crippen LogP contribution in [0.15, 0.2) is 0 Å². The van der Waals surface area contributed by atoms with Crippen LogP contribution in [0.2, 0.25) is 0 Å². The zero-order valence-electron chi connectivity index (χ0n) is 6.71. The van der Waals surface area contributed by atoms with Gasteiger partial charge in [-0.25, -0.2) is 5.09 Å². The zero-order valence-corrected chi connectivity index (χ0v) is 7.60. The van der Waals surface area contributed by atoms with Crippen molar-refractivity contribution in [3.63, 3.8) is 0 Å². The van der Waals surface area contributed by atoms with Crippen LogP contribution in [0.5, 0.6) is 0 Å². The van der Waals surface area contributed by atoms with Crippen molar-refractivity contribution in [2.24, 2.45) is 0 Å². The summed E-state index contributed by atoms with van der Waals surface area (Å²) in [7, 11) is -0.891. The molecule has 0 aromatic carbocycles. The Hall–Kier alpha value is 0.270. The van der Waals surface area contributed by atoms with Crippen LogP contribution in [0.25, 0.3) is 0 Å². The van der Waals surface area contributed by atoms with E-state index in [1.165, 1.54) is 25.7 Å². The van der Waals surface area contributed by atoms with Gasteiger partial charge in [0.1, 0.15) is 0 Å². The van der Waals surface area contributed by atoms with Gasteiger partial charge >= 0.3 is 8.53 Å². The van der Waals surface area contributed by atoms with Crippen LogP contribution in [-0.2, 0) is 14.4 Å². The summed E-state index contributed by atoms with van der Waals surface area (Å²) in [6, 6.07) is 0. The molecule has 4 nitrogen and oxygen atoms in total. The molecule has 0 aromatic heterocycles. The van der Waals surface area contributed by atoms with Gasteiger partial charge in [-0.3, -0.25) is 0 Å². The maximum absolute atomic E-state index is 4.57. The van der Waals surface area contributed by atoms with Crippen LogP contribution in [-0.4, -0.2) is 6.54 Å². The normalized spacial score (nSPS) is 18.3. The Morgan fingerprint density at radius 2 is 2.00 bits per heavy atom. The van der Waals surface area contributed by atoms with Gasteiger partial charge in [-0.05, 0) is 6.42 Å². The highest BCUT2D eigenvalue weighted by atomic mass is 31.2. The molecule has 66 valence electrons. The summed E-state index contributed by atoms with van der Waals surface area (Å²) in [5.74, 6) is 0. The van der Waals surface area contributed by atoms with E-state index >= 15 is 0 Å². The number of hydrogen-bond acceptors (Lipinski definition) is 4. The van der Waals surface area contributed by atoms with Crippen LogP contribution >= 0.6 is 8.53 Å². The van der Waals surface area contributed by atoms with Crippen molar-refractivity contribution in [2.45, 2.75) is 32.6 Å². The lowest BCUT2D eigenvalue weighted by molar-refractivity contribution is -0.479. The molecule has 1 aliphatic rings.